The van der Waals surface area contributed by atoms with Gasteiger partial charge >= 0.3 is 0 Å². The van der Waals surface area contributed by atoms with Crippen molar-refractivity contribution in [1.82, 2.24) is 0 Å². The summed E-state index contributed by atoms with van der Waals surface area (Å²) < 4.78 is 0. The average molecular weight is 211 g/mol. The minimum Gasteiger partial charge on any atom is -0.192 e. The zero-order valence-corrected chi connectivity index (χ0v) is 9.53. The Morgan fingerprint density at radius 1 is 1.19 bits per heavy atom. The lowest BCUT2D eigenvalue weighted by Gasteiger charge is -2.03. The molecule has 0 aliphatic carbocycles. The third-order valence-electron chi connectivity index (χ3n) is 2.47. The molecule has 2 heteroatoms. The quantitative estimate of drug-likeness (QED) is 0.699. The Kier molecular flexibility index (Phi) is 5.09. The summed E-state index contributed by atoms with van der Waals surface area (Å²) in [7, 11) is 0. The predicted molar refractivity (Wildman–Crippen MR) is 63.4 cm³/mol. The molecule has 0 fully saturated rings. The molecule has 1 radical (unpaired) electrons. The van der Waals surface area contributed by atoms with E-state index in [0.29, 0.717) is 11.1 Å². The first kappa shape index (κ1) is 12.3. The molecule has 1 rings (SSSR count). The summed E-state index contributed by atoms with van der Waals surface area (Å²) in [5, 5.41) is 17.7. The Labute approximate surface area is 97.1 Å². The van der Waals surface area contributed by atoms with Gasteiger partial charge in [0, 0.05) is 0 Å². The van der Waals surface area contributed by atoms with Gasteiger partial charge in [0.05, 0.1) is 23.3 Å². The number of rotatable bonds is 5. The summed E-state index contributed by atoms with van der Waals surface area (Å²) in [6.45, 7) is 2.17. The van der Waals surface area contributed by atoms with Crippen molar-refractivity contribution in [1.29, 1.82) is 10.5 Å². The Balaban J connectivity index is 2.67. The van der Waals surface area contributed by atoms with Crippen molar-refractivity contribution in [2.75, 3.05) is 0 Å². The molecule has 16 heavy (non-hydrogen) atoms. The lowest BCUT2D eigenvalue weighted by Crippen LogP contribution is -1.90. The summed E-state index contributed by atoms with van der Waals surface area (Å²) in [5.74, 6) is 0. The molecular formula is C14H15N2. The highest BCUT2D eigenvalue weighted by atomic mass is 14.3. The van der Waals surface area contributed by atoms with Gasteiger partial charge in [0.2, 0.25) is 0 Å². The van der Waals surface area contributed by atoms with E-state index in [2.05, 4.69) is 19.4 Å². The summed E-state index contributed by atoms with van der Waals surface area (Å²) >= 11 is 0. The van der Waals surface area contributed by atoms with E-state index in [1.54, 1.807) is 12.1 Å². The van der Waals surface area contributed by atoms with E-state index in [9.17, 15) is 0 Å². The van der Waals surface area contributed by atoms with Gasteiger partial charge in [0.25, 0.3) is 0 Å². The molecule has 0 aliphatic heterocycles. The molecule has 0 aromatic heterocycles. The molecule has 2 nitrogen and oxygen atoms in total. The predicted octanol–water partition coefficient (Wildman–Crippen LogP) is 3.56. The van der Waals surface area contributed by atoms with Gasteiger partial charge in [-0.15, -0.1) is 0 Å². The van der Waals surface area contributed by atoms with Crippen LogP contribution in [-0.2, 0) is 0 Å². The van der Waals surface area contributed by atoms with Crippen molar-refractivity contribution in [3.05, 3.63) is 41.3 Å². The summed E-state index contributed by atoms with van der Waals surface area (Å²) in [6, 6.07) is 9.42. The first-order valence-electron chi connectivity index (χ1n) is 5.59. The van der Waals surface area contributed by atoms with E-state index < -0.39 is 0 Å². The molecular weight excluding hydrogens is 196 g/mol. The first-order valence-corrected chi connectivity index (χ1v) is 5.59. The third kappa shape index (κ3) is 3.41. The molecule has 1 aromatic rings. The fourth-order valence-corrected chi connectivity index (χ4v) is 1.55. The topological polar surface area (TPSA) is 47.6 Å². The van der Waals surface area contributed by atoms with Crippen LogP contribution in [-0.4, -0.2) is 0 Å². The van der Waals surface area contributed by atoms with Crippen molar-refractivity contribution in [2.45, 2.75) is 32.6 Å². The van der Waals surface area contributed by atoms with E-state index in [4.69, 9.17) is 10.5 Å². The van der Waals surface area contributed by atoms with Gasteiger partial charge in [-0.2, -0.15) is 10.5 Å². The lowest BCUT2D eigenvalue weighted by atomic mass is 10.00. The number of benzene rings is 1. The summed E-state index contributed by atoms with van der Waals surface area (Å²) in [5.41, 5.74) is 2.08. The van der Waals surface area contributed by atoms with Gasteiger partial charge in [-0.05, 0) is 30.5 Å². The second-order valence-electron chi connectivity index (χ2n) is 3.73. The van der Waals surface area contributed by atoms with E-state index in [1.165, 1.54) is 12.8 Å². The number of unbranched alkanes of at least 4 members (excludes halogenated alkanes) is 3. The molecule has 0 N–H and O–H groups in total. The Hall–Kier alpha value is -1.80. The Morgan fingerprint density at radius 3 is 2.62 bits per heavy atom. The number of hydrogen-bond donors (Lipinski definition) is 0. The molecule has 0 heterocycles. The second-order valence-corrected chi connectivity index (χ2v) is 3.73. The highest BCUT2D eigenvalue weighted by molar-refractivity contribution is 5.47. The van der Waals surface area contributed by atoms with Crippen LogP contribution >= 0.6 is 0 Å². The van der Waals surface area contributed by atoms with Crippen molar-refractivity contribution in [2.24, 2.45) is 0 Å². The second kappa shape index (κ2) is 6.64. The molecule has 0 atom stereocenters. The highest BCUT2D eigenvalue weighted by Gasteiger charge is 2.03. The van der Waals surface area contributed by atoms with Crippen LogP contribution in [0.2, 0.25) is 0 Å². The first-order chi connectivity index (χ1) is 7.81. The normalized spacial score (nSPS) is 9.44. The van der Waals surface area contributed by atoms with E-state index >= 15 is 0 Å². The van der Waals surface area contributed by atoms with Crippen molar-refractivity contribution < 1.29 is 0 Å². The Morgan fingerprint density at radius 2 is 2.00 bits per heavy atom. The van der Waals surface area contributed by atoms with Gasteiger partial charge in [-0.3, -0.25) is 0 Å². The van der Waals surface area contributed by atoms with Crippen LogP contribution in [0.1, 0.15) is 49.3 Å². The van der Waals surface area contributed by atoms with E-state index in [0.717, 1.165) is 18.4 Å². The van der Waals surface area contributed by atoms with Crippen LogP contribution in [0.3, 0.4) is 0 Å². The SMILES string of the molecule is CCCCC[CH]c1ccc(C#N)cc1C#N. The fourth-order valence-electron chi connectivity index (χ4n) is 1.55. The fraction of sp³-hybridized carbons (Fsp3) is 0.357. The molecule has 1 aromatic carbocycles. The van der Waals surface area contributed by atoms with Crippen molar-refractivity contribution >= 4 is 0 Å². The molecule has 0 saturated carbocycles. The van der Waals surface area contributed by atoms with Gasteiger partial charge < -0.3 is 0 Å². The van der Waals surface area contributed by atoms with Gasteiger partial charge in [0.15, 0.2) is 0 Å². The summed E-state index contributed by atoms with van der Waals surface area (Å²) in [4.78, 5) is 0. The van der Waals surface area contributed by atoms with Gasteiger partial charge in [0.1, 0.15) is 0 Å². The van der Waals surface area contributed by atoms with E-state index in [-0.39, 0.29) is 0 Å². The number of nitrogens with zero attached hydrogens (tertiary/aromatic N) is 2. The zero-order chi connectivity index (χ0) is 11.8. The molecule has 0 saturated heterocycles. The maximum Gasteiger partial charge on any atom is 0.0995 e. The summed E-state index contributed by atoms with van der Waals surface area (Å²) in [6.07, 6.45) is 6.64. The van der Waals surface area contributed by atoms with Crippen LogP contribution in [0.25, 0.3) is 0 Å². The highest BCUT2D eigenvalue weighted by Crippen LogP contribution is 2.16. The largest absolute Gasteiger partial charge is 0.192 e. The smallest absolute Gasteiger partial charge is 0.0995 e. The van der Waals surface area contributed by atoms with Crippen molar-refractivity contribution in [3.63, 3.8) is 0 Å². The average Bonchev–Trinajstić information content (AvgIpc) is 2.34. The number of hydrogen-bond acceptors (Lipinski definition) is 2. The Bertz CT molecular complexity index is 421. The minimum atomic E-state index is 0.544. The third-order valence-corrected chi connectivity index (χ3v) is 2.47. The van der Waals surface area contributed by atoms with Gasteiger partial charge in [-0.1, -0.05) is 32.3 Å². The maximum absolute atomic E-state index is 8.96. The van der Waals surface area contributed by atoms with Crippen LogP contribution in [0.4, 0.5) is 0 Å². The molecule has 0 unspecified atom stereocenters. The molecule has 0 aliphatic rings. The molecule has 0 amide bonds. The van der Waals surface area contributed by atoms with Crippen molar-refractivity contribution in [3.8, 4) is 12.1 Å². The molecule has 0 spiro atoms. The van der Waals surface area contributed by atoms with Crippen LogP contribution in [0.15, 0.2) is 18.2 Å². The van der Waals surface area contributed by atoms with Crippen LogP contribution in [0, 0.1) is 29.1 Å². The van der Waals surface area contributed by atoms with Crippen LogP contribution in [0.5, 0.6) is 0 Å². The molecule has 81 valence electrons. The maximum atomic E-state index is 8.96. The number of nitriles is 2. The molecule has 0 bridgehead atoms. The lowest BCUT2D eigenvalue weighted by molar-refractivity contribution is 0.715. The minimum absolute atomic E-state index is 0.544. The van der Waals surface area contributed by atoms with Crippen LogP contribution < -0.4 is 0 Å². The monoisotopic (exact) mass is 211 g/mol. The van der Waals surface area contributed by atoms with E-state index in [1.807, 2.05) is 12.1 Å². The standard InChI is InChI=1S/C14H15N2/c1-2-3-4-5-6-13-8-7-12(10-15)9-14(13)11-16/h6-9H,2-5H2,1H3. The van der Waals surface area contributed by atoms with Gasteiger partial charge in [-0.25, -0.2) is 0 Å². The zero-order valence-electron chi connectivity index (χ0n) is 9.53.